The van der Waals surface area contributed by atoms with Gasteiger partial charge in [0.25, 0.3) is 0 Å². The standard InChI is InChI=1S/C9H17NO2S/c1-7-8(9(11)12)3-4-10(7)5-6-13-2/h7-8H,3-6H2,1-2H3,(H,11,12). The summed E-state index contributed by atoms with van der Waals surface area (Å²) in [4.78, 5) is 13.1. The Hall–Kier alpha value is -0.220. The molecule has 0 aromatic carbocycles. The molecule has 1 heterocycles. The zero-order chi connectivity index (χ0) is 9.84. The first kappa shape index (κ1) is 10.9. The lowest BCUT2D eigenvalue weighted by Gasteiger charge is -2.22. The molecular weight excluding hydrogens is 186 g/mol. The van der Waals surface area contributed by atoms with E-state index in [1.165, 1.54) is 0 Å². The van der Waals surface area contributed by atoms with Gasteiger partial charge in [0.2, 0.25) is 0 Å². The Labute approximate surface area is 83.5 Å². The fraction of sp³-hybridized carbons (Fsp3) is 0.889. The van der Waals surface area contributed by atoms with E-state index in [-0.39, 0.29) is 12.0 Å². The normalized spacial score (nSPS) is 29.4. The topological polar surface area (TPSA) is 40.5 Å². The van der Waals surface area contributed by atoms with Crippen LogP contribution in [0.4, 0.5) is 0 Å². The quantitative estimate of drug-likeness (QED) is 0.744. The van der Waals surface area contributed by atoms with Crippen LogP contribution in [0, 0.1) is 5.92 Å². The SMILES string of the molecule is CSCCN1CCC(C(=O)O)C1C. The second-order valence-electron chi connectivity index (χ2n) is 3.50. The fourth-order valence-electron chi connectivity index (χ4n) is 1.86. The molecule has 4 heteroatoms. The molecule has 2 unspecified atom stereocenters. The van der Waals surface area contributed by atoms with Gasteiger partial charge < -0.3 is 5.11 Å². The summed E-state index contributed by atoms with van der Waals surface area (Å²) in [5.74, 6) is 0.303. The lowest BCUT2D eigenvalue weighted by atomic mass is 10.0. The van der Waals surface area contributed by atoms with Gasteiger partial charge in [0.15, 0.2) is 0 Å². The van der Waals surface area contributed by atoms with E-state index in [4.69, 9.17) is 5.11 Å². The summed E-state index contributed by atoms with van der Waals surface area (Å²) in [6.45, 7) is 3.98. The average Bonchev–Trinajstić information content (AvgIpc) is 2.43. The lowest BCUT2D eigenvalue weighted by Crippen LogP contribution is -2.34. The molecule has 1 rings (SSSR count). The predicted molar refractivity (Wildman–Crippen MR) is 55.2 cm³/mol. The summed E-state index contributed by atoms with van der Waals surface area (Å²) >= 11 is 1.81. The van der Waals surface area contributed by atoms with Crippen molar-refractivity contribution in [2.45, 2.75) is 19.4 Å². The van der Waals surface area contributed by atoms with Crippen LogP contribution in [-0.4, -0.2) is 47.1 Å². The van der Waals surface area contributed by atoms with Crippen LogP contribution in [0.25, 0.3) is 0 Å². The van der Waals surface area contributed by atoms with Crippen molar-refractivity contribution in [2.75, 3.05) is 25.1 Å². The third kappa shape index (κ3) is 2.61. The highest BCUT2D eigenvalue weighted by Gasteiger charge is 2.34. The van der Waals surface area contributed by atoms with Crippen molar-refractivity contribution < 1.29 is 9.90 Å². The summed E-state index contributed by atoms with van der Waals surface area (Å²) in [6, 6.07) is 0.213. The smallest absolute Gasteiger partial charge is 0.308 e. The number of likely N-dealkylation sites (tertiary alicyclic amines) is 1. The van der Waals surface area contributed by atoms with Gasteiger partial charge in [-0.15, -0.1) is 0 Å². The largest absolute Gasteiger partial charge is 0.481 e. The highest BCUT2D eigenvalue weighted by molar-refractivity contribution is 7.98. The van der Waals surface area contributed by atoms with Crippen LogP contribution in [-0.2, 0) is 4.79 Å². The molecule has 0 aromatic heterocycles. The second-order valence-corrected chi connectivity index (χ2v) is 4.49. The molecule has 0 aromatic rings. The number of rotatable bonds is 4. The summed E-state index contributed by atoms with van der Waals surface area (Å²) in [5, 5.41) is 8.89. The molecular formula is C9H17NO2S. The molecule has 1 aliphatic rings. The number of thioether (sulfide) groups is 1. The third-order valence-corrected chi connectivity index (χ3v) is 3.38. The highest BCUT2D eigenvalue weighted by Crippen LogP contribution is 2.24. The minimum Gasteiger partial charge on any atom is -0.481 e. The van der Waals surface area contributed by atoms with Crippen LogP contribution in [0.1, 0.15) is 13.3 Å². The van der Waals surface area contributed by atoms with Gasteiger partial charge in [0, 0.05) is 18.3 Å². The predicted octanol–water partition coefficient (Wildman–Crippen LogP) is 1.14. The summed E-state index contributed by atoms with van der Waals surface area (Å²) < 4.78 is 0. The van der Waals surface area contributed by atoms with E-state index in [0.29, 0.717) is 0 Å². The molecule has 1 fully saturated rings. The van der Waals surface area contributed by atoms with Gasteiger partial charge in [0.05, 0.1) is 5.92 Å². The number of nitrogens with zero attached hydrogens (tertiary/aromatic N) is 1. The Balaban J connectivity index is 2.40. The van der Waals surface area contributed by atoms with Crippen LogP contribution in [0.2, 0.25) is 0 Å². The second kappa shape index (κ2) is 4.86. The molecule has 3 nitrogen and oxygen atoms in total. The van der Waals surface area contributed by atoms with Crippen LogP contribution in [0.3, 0.4) is 0 Å². The number of carbonyl (C=O) groups is 1. The third-order valence-electron chi connectivity index (χ3n) is 2.79. The van der Waals surface area contributed by atoms with Gasteiger partial charge in [-0.3, -0.25) is 9.69 Å². The van der Waals surface area contributed by atoms with Crippen molar-refractivity contribution in [1.29, 1.82) is 0 Å². The molecule has 0 spiro atoms. The number of hydrogen-bond acceptors (Lipinski definition) is 3. The Morgan fingerprint density at radius 2 is 2.38 bits per heavy atom. The number of carboxylic acids is 1. The first-order chi connectivity index (χ1) is 6.16. The molecule has 0 radical (unpaired) electrons. The van der Waals surface area contributed by atoms with Crippen molar-refractivity contribution >= 4 is 17.7 Å². The molecule has 0 amide bonds. The molecule has 13 heavy (non-hydrogen) atoms. The van der Waals surface area contributed by atoms with Gasteiger partial charge >= 0.3 is 5.97 Å². The number of hydrogen-bond donors (Lipinski definition) is 1. The van der Waals surface area contributed by atoms with Gasteiger partial charge in [0.1, 0.15) is 0 Å². The number of aliphatic carboxylic acids is 1. The number of carboxylic acid groups (broad SMARTS) is 1. The maximum atomic E-state index is 10.8. The van der Waals surface area contributed by atoms with E-state index in [9.17, 15) is 4.79 Å². The summed E-state index contributed by atoms with van der Waals surface area (Å²) in [7, 11) is 0. The molecule has 76 valence electrons. The van der Waals surface area contributed by atoms with E-state index in [0.717, 1.165) is 25.3 Å². The maximum Gasteiger partial charge on any atom is 0.308 e. The average molecular weight is 203 g/mol. The molecule has 1 saturated heterocycles. The first-order valence-corrected chi connectivity index (χ1v) is 6.02. The van der Waals surface area contributed by atoms with Crippen molar-refractivity contribution in [1.82, 2.24) is 4.90 Å². The molecule has 1 aliphatic heterocycles. The van der Waals surface area contributed by atoms with Gasteiger partial charge in [-0.2, -0.15) is 11.8 Å². The van der Waals surface area contributed by atoms with Crippen LogP contribution in [0.5, 0.6) is 0 Å². The minimum atomic E-state index is -0.640. The van der Waals surface area contributed by atoms with Crippen LogP contribution < -0.4 is 0 Å². The van der Waals surface area contributed by atoms with E-state index < -0.39 is 5.97 Å². The fourth-order valence-corrected chi connectivity index (χ4v) is 2.28. The lowest BCUT2D eigenvalue weighted by molar-refractivity contribution is -0.142. The van der Waals surface area contributed by atoms with Gasteiger partial charge in [-0.05, 0) is 26.1 Å². The van der Waals surface area contributed by atoms with Crippen molar-refractivity contribution in [3.63, 3.8) is 0 Å². The highest BCUT2D eigenvalue weighted by atomic mass is 32.2. The summed E-state index contributed by atoms with van der Waals surface area (Å²) in [5.41, 5.74) is 0. The van der Waals surface area contributed by atoms with Gasteiger partial charge in [-0.25, -0.2) is 0 Å². The first-order valence-electron chi connectivity index (χ1n) is 4.62. The Bertz CT molecular complexity index is 186. The minimum absolute atomic E-state index is 0.151. The Morgan fingerprint density at radius 1 is 1.69 bits per heavy atom. The molecule has 0 saturated carbocycles. The molecule has 1 N–H and O–H groups in total. The van der Waals surface area contributed by atoms with Crippen LogP contribution >= 0.6 is 11.8 Å². The maximum absolute atomic E-state index is 10.8. The molecule has 0 aliphatic carbocycles. The van der Waals surface area contributed by atoms with E-state index >= 15 is 0 Å². The molecule has 2 atom stereocenters. The van der Waals surface area contributed by atoms with Crippen molar-refractivity contribution in [2.24, 2.45) is 5.92 Å². The van der Waals surface area contributed by atoms with Crippen LogP contribution in [0.15, 0.2) is 0 Å². The zero-order valence-corrected chi connectivity index (χ0v) is 9.01. The van der Waals surface area contributed by atoms with Crippen molar-refractivity contribution in [3.05, 3.63) is 0 Å². The zero-order valence-electron chi connectivity index (χ0n) is 8.19. The van der Waals surface area contributed by atoms with Gasteiger partial charge in [-0.1, -0.05) is 0 Å². The monoisotopic (exact) mass is 203 g/mol. The Morgan fingerprint density at radius 3 is 2.85 bits per heavy atom. The Kier molecular flexibility index (Phi) is 4.06. The van der Waals surface area contributed by atoms with E-state index in [2.05, 4.69) is 11.2 Å². The summed E-state index contributed by atoms with van der Waals surface area (Å²) in [6.07, 6.45) is 2.89. The van der Waals surface area contributed by atoms with E-state index in [1.54, 1.807) is 0 Å². The molecule has 0 bridgehead atoms. The van der Waals surface area contributed by atoms with E-state index in [1.807, 2.05) is 18.7 Å². The van der Waals surface area contributed by atoms with Crippen molar-refractivity contribution in [3.8, 4) is 0 Å².